The Labute approximate surface area is 200 Å². The molecule has 0 atom stereocenters. The van der Waals surface area contributed by atoms with Gasteiger partial charge in [-0.25, -0.2) is 4.98 Å². The number of hydrogen-bond acceptors (Lipinski definition) is 8. The third-order valence-electron chi connectivity index (χ3n) is 6.87. The summed E-state index contributed by atoms with van der Waals surface area (Å²) < 4.78 is 12.1. The molecule has 0 amide bonds. The van der Waals surface area contributed by atoms with Gasteiger partial charge in [-0.05, 0) is 54.0 Å². The molecule has 8 nitrogen and oxygen atoms in total. The molecule has 2 aliphatic rings. The van der Waals surface area contributed by atoms with Crippen LogP contribution in [0.25, 0.3) is 10.2 Å². The van der Waals surface area contributed by atoms with Crippen LogP contribution in [0.5, 0.6) is 10.9 Å². The van der Waals surface area contributed by atoms with Crippen molar-refractivity contribution in [1.82, 2.24) is 4.98 Å². The number of nitro groups is 1. The van der Waals surface area contributed by atoms with Crippen molar-refractivity contribution in [3.63, 3.8) is 0 Å². The van der Waals surface area contributed by atoms with Crippen molar-refractivity contribution in [2.75, 3.05) is 13.2 Å². The van der Waals surface area contributed by atoms with Gasteiger partial charge in [0.25, 0.3) is 10.9 Å². The Hall–Kier alpha value is -3.17. The van der Waals surface area contributed by atoms with E-state index in [1.807, 2.05) is 13.0 Å². The van der Waals surface area contributed by atoms with Crippen LogP contribution >= 0.6 is 11.3 Å². The third-order valence-corrected chi connectivity index (χ3v) is 7.77. The summed E-state index contributed by atoms with van der Waals surface area (Å²) in [5.74, 6) is -0.354. The Balaban J connectivity index is 1.43. The Morgan fingerprint density at radius 2 is 1.88 bits per heavy atom. The fourth-order valence-electron chi connectivity index (χ4n) is 5.07. The minimum absolute atomic E-state index is 0.00564. The first-order valence-electron chi connectivity index (χ1n) is 11.4. The van der Waals surface area contributed by atoms with E-state index in [4.69, 9.17) is 9.47 Å². The van der Waals surface area contributed by atoms with Gasteiger partial charge in [0.1, 0.15) is 23.2 Å². The van der Waals surface area contributed by atoms with Crippen molar-refractivity contribution < 1.29 is 24.0 Å². The van der Waals surface area contributed by atoms with Gasteiger partial charge < -0.3 is 9.47 Å². The third kappa shape index (κ3) is 4.21. The van der Waals surface area contributed by atoms with Crippen molar-refractivity contribution in [2.45, 2.75) is 44.9 Å². The van der Waals surface area contributed by atoms with E-state index < -0.39 is 10.8 Å². The molecule has 0 radical (unpaired) electrons. The molecule has 0 bridgehead atoms. The Bertz CT molecular complexity index is 1270. The maximum absolute atomic E-state index is 13.3. The highest BCUT2D eigenvalue weighted by atomic mass is 32.1. The number of thiazole rings is 1. The van der Waals surface area contributed by atoms with Crippen LogP contribution < -0.4 is 4.74 Å². The highest BCUT2D eigenvalue weighted by Gasteiger charge is 2.46. The van der Waals surface area contributed by atoms with Gasteiger partial charge >= 0.3 is 0 Å². The number of non-ortho nitro benzene ring substituents is 1. The van der Waals surface area contributed by atoms with E-state index in [1.165, 1.54) is 23.5 Å². The van der Waals surface area contributed by atoms with E-state index in [9.17, 15) is 19.7 Å². The molecule has 1 aliphatic carbocycles. The van der Waals surface area contributed by atoms with Gasteiger partial charge in [-0.2, -0.15) is 0 Å². The average molecular weight is 481 g/mol. The number of Topliss-reactive ketones (excluding diaryl/α,β-unsaturated/α-hetero) is 2. The SMILES string of the molecule is CCc1ccc(Oc2nc3ccc([N+](=O)[O-])cc3s2)cc1C1C(=O)CC2(CCOCC2)CC1=O. The van der Waals surface area contributed by atoms with Crippen molar-refractivity contribution in [1.29, 1.82) is 0 Å². The van der Waals surface area contributed by atoms with Crippen LogP contribution in [0.2, 0.25) is 0 Å². The molecule has 5 rings (SSSR count). The zero-order valence-corrected chi connectivity index (χ0v) is 19.6. The van der Waals surface area contributed by atoms with E-state index >= 15 is 0 Å². The molecule has 1 saturated carbocycles. The van der Waals surface area contributed by atoms with Crippen molar-refractivity contribution in [3.05, 3.63) is 57.6 Å². The van der Waals surface area contributed by atoms with Gasteiger partial charge in [0, 0.05) is 38.2 Å². The van der Waals surface area contributed by atoms with Crippen LogP contribution in [-0.2, 0) is 20.7 Å². The van der Waals surface area contributed by atoms with Crippen molar-refractivity contribution in [2.24, 2.45) is 5.41 Å². The maximum atomic E-state index is 13.3. The highest BCUT2D eigenvalue weighted by Crippen LogP contribution is 2.46. The number of aryl methyl sites for hydroxylation is 1. The summed E-state index contributed by atoms with van der Waals surface area (Å²) in [6.45, 7) is 3.19. The van der Waals surface area contributed by atoms with Crippen molar-refractivity contribution in [3.8, 4) is 10.9 Å². The summed E-state index contributed by atoms with van der Waals surface area (Å²) in [5.41, 5.74) is 1.99. The second-order valence-corrected chi connectivity index (χ2v) is 10.0. The second-order valence-electron chi connectivity index (χ2n) is 9.04. The smallest absolute Gasteiger partial charge is 0.279 e. The molecule has 3 aromatic rings. The number of aromatic nitrogens is 1. The summed E-state index contributed by atoms with van der Waals surface area (Å²) in [6, 6.07) is 9.93. The Kier molecular flexibility index (Phi) is 5.91. The fourth-order valence-corrected chi connectivity index (χ4v) is 5.94. The van der Waals surface area contributed by atoms with Gasteiger partial charge in [0.2, 0.25) is 0 Å². The average Bonchev–Trinajstić information content (AvgIpc) is 3.20. The summed E-state index contributed by atoms with van der Waals surface area (Å²) in [6.07, 6.45) is 2.99. The van der Waals surface area contributed by atoms with E-state index in [-0.39, 0.29) is 22.7 Å². The van der Waals surface area contributed by atoms with Gasteiger partial charge in [-0.3, -0.25) is 19.7 Å². The molecule has 0 unspecified atom stereocenters. The maximum Gasteiger partial charge on any atom is 0.279 e. The van der Waals surface area contributed by atoms with E-state index in [2.05, 4.69) is 4.98 Å². The normalized spacial score (nSPS) is 18.5. The van der Waals surface area contributed by atoms with Gasteiger partial charge in [0.05, 0.1) is 15.1 Å². The second kappa shape index (κ2) is 8.88. The fraction of sp³-hybridized carbons (Fsp3) is 0.400. The minimum Gasteiger partial charge on any atom is -0.431 e. The topological polar surface area (TPSA) is 109 Å². The molecule has 1 aliphatic heterocycles. The first-order valence-corrected chi connectivity index (χ1v) is 12.2. The number of nitro benzene ring substituents is 1. The summed E-state index contributed by atoms with van der Waals surface area (Å²) in [7, 11) is 0. The number of hydrogen-bond donors (Lipinski definition) is 0. The molecule has 2 heterocycles. The lowest BCUT2D eigenvalue weighted by Gasteiger charge is -2.41. The number of nitrogens with zero attached hydrogens (tertiary/aromatic N) is 2. The number of carbonyl (C=O) groups excluding carboxylic acids is 2. The zero-order valence-electron chi connectivity index (χ0n) is 18.7. The highest BCUT2D eigenvalue weighted by molar-refractivity contribution is 7.20. The quantitative estimate of drug-likeness (QED) is 0.274. The van der Waals surface area contributed by atoms with Crippen LogP contribution in [0.15, 0.2) is 36.4 Å². The Morgan fingerprint density at radius 3 is 2.56 bits per heavy atom. The summed E-state index contributed by atoms with van der Waals surface area (Å²) in [5, 5.41) is 11.4. The predicted molar refractivity (Wildman–Crippen MR) is 127 cm³/mol. The largest absolute Gasteiger partial charge is 0.431 e. The number of carbonyl (C=O) groups is 2. The lowest BCUT2D eigenvalue weighted by Crippen LogP contribution is -2.42. The number of ketones is 2. The first kappa shape index (κ1) is 22.6. The molecule has 34 heavy (non-hydrogen) atoms. The summed E-state index contributed by atoms with van der Waals surface area (Å²) in [4.78, 5) is 41.5. The molecule has 1 spiro atoms. The van der Waals surface area contributed by atoms with Gasteiger partial charge in [-0.1, -0.05) is 24.3 Å². The molecule has 2 fully saturated rings. The van der Waals surface area contributed by atoms with Gasteiger partial charge in [-0.15, -0.1) is 0 Å². The molecule has 1 aromatic heterocycles. The molecule has 176 valence electrons. The van der Waals surface area contributed by atoms with E-state index in [0.29, 0.717) is 59.2 Å². The van der Waals surface area contributed by atoms with E-state index in [1.54, 1.807) is 18.2 Å². The molecule has 1 saturated heterocycles. The number of ether oxygens (including phenoxy) is 2. The number of benzene rings is 2. The standard InChI is InChI=1S/C25H24N2O6S/c1-2-15-3-5-17(33-24-26-19-6-4-16(27(30)31)11-22(19)34-24)12-18(15)23-20(28)13-25(14-21(23)29)7-9-32-10-8-25/h3-6,11-12,23H,2,7-10,13-14H2,1H3. The van der Waals surface area contributed by atoms with Gasteiger partial charge in [0.15, 0.2) is 0 Å². The monoisotopic (exact) mass is 480 g/mol. The van der Waals surface area contributed by atoms with Crippen LogP contribution in [-0.4, -0.2) is 34.7 Å². The van der Waals surface area contributed by atoms with Crippen LogP contribution in [0.4, 0.5) is 5.69 Å². The van der Waals surface area contributed by atoms with Crippen LogP contribution in [0.1, 0.15) is 49.7 Å². The molecule has 9 heteroatoms. The van der Waals surface area contributed by atoms with E-state index in [0.717, 1.165) is 18.4 Å². The molecule has 2 aromatic carbocycles. The van der Waals surface area contributed by atoms with Crippen LogP contribution in [0.3, 0.4) is 0 Å². The molecule has 0 N–H and O–H groups in total. The zero-order chi connectivity index (χ0) is 23.9. The first-order chi connectivity index (χ1) is 16.4. The molecular weight excluding hydrogens is 456 g/mol. The number of rotatable bonds is 5. The lowest BCUT2D eigenvalue weighted by atomic mass is 9.63. The minimum atomic E-state index is -0.773. The predicted octanol–water partition coefficient (Wildman–Crippen LogP) is 5.37. The Morgan fingerprint density at radius 1 is 1.15 bits per heavy atom. The van der Waals surface area contributed by atoms with Crippen molar-refractivity contribution >= 4 is 38.8 Å². The molecular formula is C25H24N2O6S. The number of fused-ring (bicyclic) bond motifs is 1. The lowest BCUT2D eigenvalue weighted by molar-refractivity contribution is -0.384. The summed E-state index contributed by atoms with van der Waals surface area (Å²) >= 11 is 1.21. The van der Waals surface area contributed by atoms with Crippen LogP contribution in [0, 0.1) is 15.5 Å².